The largest absolute Gasteiger partial charge is 0.497 e. The van der Waals surface area contributed by atoms with Crippen LogP contribution in [0.25, 0.3) is 10.8 Å². The molecule has 0 aliphatic heterocycles. The predicted octanol–water partition coefficient (Wildman–Crippen LogP) is 4.08. The lowest BCUT2D eigenvalue weighted by atomic mass is 10.0. The average molecular weight is 299 g/mol. The highest BCUT2D eigenvalue weighted by Crippen LogP contribution is 2.27. The fraction of sp³-hybridized carbons (Fsp3) is 0.176. The fourth-order valence-corrected chi connectivity index (χ4v) is 2.57. The molecule has 1 aromatic heterocycles. The number of fused-ring (bicyclic) bond motifs is 1. The van der Waals surface area contributed by atoms with Gasteiger partial charge in [-0.05, 0) is 36.6 Å². The van der Waals surface area contributed by atoms with Crippen molar-refractivity contribution < 1.29 is 4.74 Å². The second-order valence-electron chi connectivity index (χ2n) is 4.83. The monoisotopic (exact) mass is 298 g/mol. The van der Waals surface area contributed by atoms with Crippen molar-refractivity contribution in [1.82, 2.24) is 10.2 Å². The Labute approximate surface area is 128 Å². The normalized spacial score (nSPS) is 10.8. The number of halogens is 1. The van der Waals surface area contributed by atoms with Crippen molar-refractivity contribution in [2.24, 2.45) is 0 Å². The Balaban J connectivity index is 1.94. The molecule has 3 aromatic rings. The molecule has 0 bridgehead atoms. The highest BCUT2D eigenvalue weighted by atomic mass is 35.5. The van der Waals surface area contributed by atoms with E-state index in [2.05, 4.69) is 22.3 Å². The summed E-state index contributed by atoms with van der Waals surface area (Å²) in [6, 6.07) is 16.2. The zero-order valence-electron chi connectivity index (χ0n) is 11.7. The van der Waals surface area contributed by atoms with Crippen LogP contribution in [0.4, 0.5) is 0 Å². The maximum absolute atomic E-state index is 6.15. The summed E-state index contributed by atoms with van der Waals surface area (Å²) in [5.41, 5.74) is 2.25. The SMILES string of the molecule is COc1ccc2c(CCc3ccccc3)nnc(Cl)c2c1. The van der Waals surface area contributed by atoms with Crippen LogP contribution in [0, 0.1) is 0 Å². The van der Waals surface area contributed by atoms with Gasteiger partial charge in [0, 0.05) is 10.8 Å². The van der Waals surface area contributed by atoms with Gasteiger partial charge in [0.15, 0.2) is 5.15 Å². The van der Waals surface area contributed by atoms with Crippen LogP contribution in [-0.4, -0.2) is 17.3 Å². The molecule has 2 aromatic carbocycles. The zero-order chi connectivity index (χ0) is 14.7. The van der Waals surface area contributed by atoms with E-state index in [4.69, 9.17) is 16.3 Å². The van der Waals surface area contributed by atoms with Gasteiger partial charge in [-0.1, -0.05) is 41.9 Å². The maximum atomic E-state index is 6.15. The van der Waals surface area contributed by atoms with Gasteiger partial charge in [-0.3, -0.25) is 0 Å². The number of ether oxygens (including phenoxy) is 1. The molecule has 0 saturated carbocycles. The minimum atomic E-state index is 0.410. The van der Waals surface area contributed by atoms with Gasteiger partial charge in [0.2, 0.25) is 0 Å². The summed E-state index contributed by atoms with van der Waals surface area (Å²) in [7, 11) is 1.64. The number of nitrogens with zero attached hydrogens (tertiary/aromatic N) is 2. The Morgan fingerprint density at radius 1 is 0.952 bits per heavy atom. The molecule has 0 atom stereocenters. The van der Waals surface area contributed by atoms with Crippen molar-refractivity contribution in [3.05, 3.63) is 64.9 Å². The van der Waals surface area contributed by atoms with Gasteiger partial charge in [-0.25, -0.2) is 0 Å². The van der Waals surface area contributed by atoms with Gasteiger partial charge >= 0.3 is 0 Å². The molecule has 106 valence electrons. The summed E-state index contributed by atoms with van der Waals surface area (Å²) in [5.74, 6) is 0.770. The molecule has 3 nitrogen and oxygen atoms in total. The minimum absolute atomic E-state index is 0.410. The Morgan fingerprint density at radius 3 is 2.52 bits per heavy atom. The standard InChI is InChI=1S/C17H15ClN2O/c1-21-13-8-9-14-15(11-13)17(18)20-19-16(14)10-7-12-5-3-2-4-6-12/h2-6,8-9,11H,7,10H2,1H3. The molecule has 3 rings (SSSR count). The highest BCUT2D eigenvalue weighted by Gasteiger charge is 2.09. The van der Waals surface area contributed by atoms with Crippen LogP contribution < -0.4 is 4.74 Å². The van der Waals surface area contributed by atoms with Gasteiger partial charge in [-0.15, -0.1) is 5.10 Å². The van der Waals surface area contributed by atoms with Crippen molar-refractivity contribution in [3.63, 3.8) is 0 Å². The van der Waals surface area contributed by atoms with Gasteiger partial charge in [0.1, 0.15) is 5.75 Å². The summed E-state index contributed by atoms with van der Waals surface area (Å²) in [6.45, 7) is 0. The van der Waals surface area contributed by atoms with Crippen LogP contribution in [0.2, 0.25) is 5.15 Å². The Hall–Kier alpha value is -2.13. The Morgan fingerprint density at radius 2 is 1.76 bits per heavy atom. The first kappa shape index (κ1) is 13.8. The molecule has 0 radical (unpaired) electrons. The molecule has 21 heavy (non-hydrogen) atoms. The number of hydrogen-bond acceptors (Lipinski definition) is 3. The third-order valence-electron chi connectivity index (χ3n) is 3.51. The molecule has 0 spiro atoms. The van der Waals surface area contributed by atoms with E-state index in [0.717, 1.165) is 35.1 Å². The Bertz CT molecular complexity index is 759. The van der Waals surface area contributed by atoms with Crippen LogP contribution >= 0.6 is 11.6 Å². The number of aryl methyl sites for hydroxylation is 2. The van der Waals surface area contributed by atoms with E-state index in [-0.39, 0.29) is 0 Å². The average Bonchev–Trinajstić information content (AvgIpc) is 2.55. The number of rotatable bonds is 4. The molecule has 0 N–H and O–H groups in total. The van der Waals surface area contributed by atoms with Crippen molar-refractivity contribution in [2.75, 3.05) is 7.11 Å². The van der Waals surface area contributed by atoms with Crippen LogP contribution in [0.5, 0.6) is 5.75 Å². The van der Waals surface area contributed by atoms with Gasteiger partial charge in [-0.2, -0.15) is 5.10 Å². The number of benzene rings is 2. The summed E-state index contributed by atoms with van der Waals surface area (Å²) >= 11 is 6.15. The topological polar surface area (TPSA) is 35.0 Å². The van der Waals surface area contributed by atoms with E-state index in [0.29, 0.717) is 5.15 Å². The highest BCUT2D eigenvalue weighted by molar-refractivity contribution is 6.34. The third-order valence-corrected chi connectivity index (χ3v) is 3.79. The first-order valence-corrected chi connectivity index (χ1v) is 7.18. The second-order valence-corrected chi connectivity index (χ2v) is 5.19. The van der Waals surface area contributed by atoms with E-state index in [1.54, 1.807) is 7.11 Å². The summed E-state index contributed by atoms with van der Waals surface area (Å²) in [6.07, 6.45) is 1.76. The van der Waals surface area contributed by atoms with E-state index in [1.165, 1.54) is 5.56 Å². The molecule has 4 heteroatoms. The lowest BCUT2D eigenvalue weighted by Gasteiger charge is -2.08. The van der Waals surface area contributed by atoms with Crippen LogP contribution in [0.1, 0.15) is 11.3 Å². The predicted molar refractivity (Wildman–Crippen MR) is 85.0 cm³/mol. The van der Waals surface area contributed by atoms with Crippen LogP contribution in [0.3, 0.4) is 0 Å². The quantitative estimate of drug-likeness (QED) is 0.728. The molecule has 0 amide bonds. The van der Waals surface area contributed by atoms with Gasteiger partial charge in [0.05, 0.1) is 12.8 Å². The molecule has 0 saturated heterocycles. The van der Waals surface area contributed by atoms with E-state index in [9.17, 15) is 0 Å². The lowest BCUT2D eigenvalue weighted by molar-refractivity contribution is 0.415. The van der Waals surface area contributed by atoms with E-state index in [1.807, 2.05) is 36.4 Å². The second kappa shape index (κ2) is 6.10. The number of aromatic nitrogens is 2. The maximum Gasteiger partial charge on any atom is 0.159 e. The molecule has 0 aliphatic carbocycles. The number of hydrogen-bond donors (Lipinski definition) is 0. The third kappa shape index (κ3) is 2.98. The molecule has 0 fully saturated rings. The molecule has 0 unspecified atom stereocenters. The van der Waals surface area contributed by atoms with E-state index >= 15 is 0 Å². The van der Waals surface area contributed by atoms with Crippen molar-refractivity contribution >= 4 is 22.4 Å². The minimum Gasteiger partial charge on any atom is -0.497 e. The first-order chi connectivity index (χ1) is 10.3. The smallest absolute Gasteiger partial charge is 0.159 e. The number of methoxy groups -OCH3 is 1. The lowest BCUT2D eigenvalue weighted by Crippen LogP contribution is -1.99. The summed E-state index contributed by atoms with van der Waals surface area (Å²) in [5, 5.41) is 10.6. The van der Waals surface area contributed by atoms with E-state index < -0.39 is 0 Å². The van der Waals surface area contributed by atoms with Gasteiger partial charge in [0.25, 0.3) is 0 Å². The zero-order valence-corrected chi connectivity index (χ0v) is 12.5. The molecular formula is C17H15ClN2O. The van der Waals surface area contributed by atoms with Crippen molar-refractivity contribution in [2.45, 2.75) is 12.8 Å². The van der Waals surface area contributed by atoms with Crippen LogP contribution in [0.15, 0.2) is 48.5 Å². The van der Waals surface area contributed by atoms with Crippen molar-refractivity contribution in [1.29, 1.82) is 0 Å². The molecule has 1 heterocycles. The molecule has 0 aliphatic rings. The van der Waals surface area contributed by atoms with Crippen molar-refractivity contribution in [3.8, 4) is 5.75 Å². The first-order valence-electron chi connectivity index (χ1n) is 6.80. The summed E-state index contributed by atoms with van der Waals surface area (Å²) in [4.78, 5) is 0. The molecular weight excluding hydrogens is 284 g/mol. The van der Waals surface area contributed by atoms with Gasteiger partial charge < -0.3 is 4.74 Å². The fourth-order valence-electron chi connectivity index (χ4n) is 2.38. The van der Waals surface area contributed by atoms with Crippen LogP contribution in [-0.2, 0) is 12.8 Å². The summed E-state index contributed by atoms with van der Waals surface area (Å²) < 4.78 is 5.24. The Kier molecular flexibility index (Phi) is 4.02.